The van der Waals surface area contributed by atoms with Gasteiger partial charge >= 0.3 is 0 Å². The van der Waals surface area contributed by atoms with Crippen LogP contribution < -0.4 is 5.32 Å². The van der Waals surface area contributed by atoms with Gasteiger partial charge in [-0.15, -0.1) is 0 Å². The maximum absolute atomic E-state index is 9.07. The van der Waals surface area contributed by atoms with Gasteiger partial charge in [0.1, 0.15) is 0 Å². The summed E-state index contributed by atoms with van der Waals surface area (Å²) in [4.78, 5) is 0. The van der Waals surface area contributed by atoms with Gasteiger partial charge in [-0.3, -0.25) is 0 Å². The number of aliphatic hydroxyl groups is 2. The van der Waals surface area contributed by atoms with E-state index in [1.54, 1.807) is 0 Å². The van der Waals surface area contributed by atoms with Crippen LogP contribution in [0.4, 0.5) is 0 Å². The van der Waals surface area contributed by atoms with Crippen molar-refractivity contribution in [3.63, 3.8) is 0 Å². The van der Waals surface area contributed by atoms with Gasteiger partial charge in [-0.1, -0.05) is 28.1 Å². The molecular weight excluding hydrogens is 246 g/mol. The fourth-order valence-electron chi connectivity index (χ4n) is 1.09. The monoisotopic (exact) mass is 259 g/mol. The molecule has 0 aliphatic heterocycles. The third kappa shape index (κ3) is 4.19. The van der Waals surface area contributed by atoms with E-state index in [1.165, 1.54) is 0 Å². The van der Waals surface area contributed by atoms with Crippen molar-refractivity contribution in [3.8, 4) is 0 Å². The molecule has 3 N–H and O–H groups in total. The van der Waals surface area contributed by atoms with Crippen LogP contribution in [0.1, 0.15) is 5.56 Å². The summed E-state index contributed by atoms with van der Waals surface area (Å²) < 4.78 is 1.04. The van der Waals surface area contributed by atoms with Gasteiger partial charge in [0.15, 0.2) is 0 Å². The number of hydrogen-bond acceptors (Lipinski definition) is 3. The predicted octanol–water partition coefficient (Wildman–Crippen LogP) is 0.892. The third-order valence-corrected chi connectivity index (χ3v) is 2.30. The summed E-state index contributed by atoms with van der Waals surface area (Å²) in [7, 11) is 0. The molecule has 14 heavy (non-hydrogen) atoms. The fourth-order valence-corrected chi connectivity index (χ4v) is 1.54. The molecule has 0 spiro atoms. The van der Waals surface area contributed by atoms with Gasteiger partial charge in [0, 0.05) is 17.6 Å². The van der Waals surface area contributed by atoms with Crippen LogP contribution in [0.2, 0.25) is 0 Å². The van der Waals surface area contributed by atoms with E-state index in [2.05, 4.69) is 21.2 Å². The lowest BCUT2D eigenvalue weighted by atomic mass is 10.2. The third-order valence-electron chi connectivity index (χ3n) is 1.81. The topological polar surface area (TPSA) is 52.5 Å². The van der Waals surface area contributed by atoms with E-state index in [4.69, 9.17) is 10.2 Å². The van der Waals surface area contributed by atoms with Crippen molar-refractivity contribution in [2.45, 2.75) is 12.6 Å². The normalized spacial score (nSPS) is 12.8. The maximum Gasteiger partial charge on any atom is 0.0895 e. The molecule has 0 saturated heterocycles. The molecule has 0 aromatic heterocycles. The van der Waals surface area contributed by atoms with Gasteiger partial charge in [0.2, 0.25) is 0 Å². The molecular formula is C10H14BrNO2. The molecule has 0 aliphatic carbocycles. The Morgan fingerprint density at radius 3 is 2.86 bits per heavy atom. The van der Waals surface area contributed by atoms with Crippen LogP contribution in [0.15, 0.2) is 28.7 Å². The molecule has 4 heteroatoms. The molecule has 1 rings (SSSR count). The lowest BCUT2D eigenvalue weighted by Gasteiger charge is -2.08. The van der Waals surface area contributed by atoms with Crippen molar-refractivity contribution in [2.75, 3.05) is 13.2 Å². The van der Waals surface area contributed by atoms with E-state index in [1.807, 2.05) is 24.3 Å². The Morgan fingerprint density at radius 1 is 1.43 bits per heavy atom. The minimum atomic E-state index is -0.679. The zero-order valence-electron chi connectivity index (χ0n) is 7.78. The molecule has 0 aliphatic rings. The smallest absolute Gasteiger partial charge is 0.0895 e. The Hall–Kier alpha value is -0.420. The van der Waals surface area contributed by atoms with Crippen LogP contribution in [0.25, 0.3) is 0 Å². The number of nitrogens with one attached hydrogen (secondary N) is 1. The van der Waals surface area contributed by atoms with E-state index >= 15 is 0 Å². The summed E-state index contributed by atoms with van der Waals surface area (Å²) in [5.41, 5.74) is 1.14. The first-order chi connectivity index (χ1) is 6.72. The highest BCUT2D eigenvalue weighted by Gasteiger charge is 2.00. The zero-order chi connectivity index (χ0) is 10.4. The summed E-state index contributed by atoms with van der Waals surface area (Å²) in [6.07, 6.45) is -0.679. The number of benzene rings is 1. The lowest BCUT2D eigenvalue weighted by Crippen LogP contribution is -2.28. The quantitative estimate of drug-likeness (QED) is 0.737. The van der Waals surface area contributed by atoms with Crippen molar-refractivity contribution >= 4 is 15.9 Å². The average molecular weight is 260 g/mol. The maximum atomic E-state index is 9.07. The number of halogens is 1. The SMILES string of the molecule is OCC(O)CNCc1cccc(Br)c1. The summed E-state index contributed by atoms with van der Waals surface area (Å²) in [6.45, 7) is 0.894. The van der Waals surface area contributed by atoms with Gasteiger partial charge in [0.25, 0.3) is 0 Å². The van der Waals surface area contributed by atoms with E-state index < -0.39 is 6.10 Å². The summed E-state index contributed by atoms with van der Waals surface area (Å²) >= 11 is 3.38. The Morgan fingerprint density at radius 2 is 2.21 bits per heavy atom. The van der Waals surface area contributed by atoms with Crippen LogP contribution in [0.3, 0.4) is 0 Å². The molecule has 1 atom stereocenters. The zero-order valence-corrected chi connectivity index (χ0v) is 9.37. The number of hydrogen-bond donors (Lipinski definition) is 3. The highest BCUT2D eigenvalue weighted by molar-refractivity contribution is 9.10. The van der Waals surface area contributed by atoms with Crippen molar-refractivity contribution in [1.82, 2.24) is 5.32 Å². The van der Waals surface area contributed by atoms with Crippen molar-refractivity contribution in [3.05, 3.63) is 34.3 Å². The molecule has 0 saturated carbocycles. The number of rotatable bonds is 5. The Kier molecular flexibility index (Phi) is 5.11. The van der Waals surface area contributed by atoms with Crippen LogP contribution in [-0.2, 0) is 6.54 Å². The first kappa shape index (κ1) is 11.7. The van der Waals surface area contributed by atoms with Crippen molar-refractivity contribution < 1.29 is 10.2 Å². The summed E-state index contributed by atoms with van der Waals surface area (Å²) in [5.74, 6) is 0. The Balaban J connectivity index is 2.31. The molecule has 0 radical (unpaired) electrons. The second kappa shape index (κ2) is 6.14. The van der Waals surface area contributed by atoms with Crippen molar-refractivity contribution in [1.29, 1.82) is 0 Å². The largest absolute Gasteiger partial charge is 0.394 e. The minimum absolute atomic E-state index is 0.203. The van der Waals surface area contributed by atoms with E-state index in [9.17, 15) is 0 Å². The Labute approximate surface area is 91.9 Å². The first-order valence-electron chi connectivity index (χ1n) is 4.46. The second-order valence-electron chi connectivity index (χ2n) is 3.10. The molecule has 1 unspecified atom stereocenters. The Bertz CT molecular complexity index is 281. The standard InChI is InChI=1S/C10H14BrNO2/c11-9-3-1-2-8(4-9)5-12-6-10(14)7-13/h1-4,10,12-14H,5-7H2. The van der Waals surface area contributed by atoms with Gasteiger partial charge in [-0.2, -0.15) is 0 Å². The molecule has 1 aromatic rings. The van der Waals surface area contributed by atoms with Gasteiger partial charge < -0.3 is 15.5 Å². The van der Waals surface area contributed by atoms with E-state index in [-0.39, 0.29) is 6.61 Å². The summed E-state index contributed by atoms with van der Waals surface area (Å²) in [5, 5.41) is 20.7. The van der Waals surface area contributed by atoms with Gasteiger partial charge in [0.05, 0.1) is 12.7 Å². The molecule has 78 valence electrons. The molecule has 0 heterocycles. The van der Waals surface area contributed by atoms with Crippen LogP contribution >= 0.6 is 15.9 Å². The summed E-state index contributed by atoms with van der Waals surface area (Å²) in [6, 6.07) is 7.94. The predicted molar refractivity (Wildman–Crippen MR) is 58.9 cm³/mol. The average Bonchev–Trinajstić information content (AvgIpc) is 2.17. The lowest BCUT2D eigenvalue weighted by molar-refractivity contribution is 0.0942. The van der Waals surface area contributed by atoms with Crippen LogP contribution in [0.5, 0.6) is 0 Å². The fraction of sp³-hybridized carbons (Fsp3) is 0.400. The molecule has 1 aromatic carbocycles. The van der Waals surface area contributed by atoms with Gasteiger partial charge in [-0.05, 0) is 17.7 Å². The number of aliphatic hydroxyl groups excluding tert-OH is 2. The van der Waals surface area contributed by atoms with Crippen LogP contribution in [-0.4, -0.2) is 29.5 Å². The molecule has 0 fully saturated rings. The van der Waals surface area contributed by atoms with E-state index in [0.29, 0.717) is 13.1 Å². The molecule has 0 amide bonds. The minimum Gasteiger partial charge on any atom is -0.394 e. The van der Waals surface area contributed by atoms with Crippen LogP contribution in [0, 0.1) is 0 Å². The van der Waals surface area contributed by atoms with E-state index in [0.717, 1.165) is 10.0 Å². The highest BCUT2D eigenvalue weighted by Crippen LogP contribution is 2.11. The van der Waals surface area contributed by atoms with Crippen molar-refractivity contribution in [2.24, 2.45) is 0 Å². The second-order valence-corrected chi connectivity index (χ2v) is 4.01. The molecule has 3 nitrogen and oxygen atoms in total. The van der Waals surface area contributed by atoms with Gasteiger partial charge in [-0.25, -0.2) is 0 Å². The molecule has 0 bridgehead atoms. The highest BCUT2D eigenvalue weighted by atomic mass is 79.9. The first-order valence-corrected chi connectivity index (χ1v) is 5.25.